The zero-order valence-electron chi connectivity index (χ0n) is 12.0. The maximum Gasteiger partial charge on any atom is 0.137 e. The van der Waals surface area contributed by atoms with E-state index in [4.69, 9.17) is 0 Å². The van der Waals surface area contributed by atoms with E-state index in [1.807, 2.05) is 23.6 Å². The molecular formula is C17H19N3S. The van der Waals surface area contributed by atoms with Crippen molar-refractivity contribution in [3.8, 4) is 0 Å². The fourth-order valence-electron chi connectivity index (χ4n) is 3.27. The summed E-state index contributed by atoms with van der Waals surface area (Å²) in [6.07, 6.45) is 4.40. The third kappa shape index (κ3) is 2.74. The number of hydrogen-bond donors (Lipinski definition) is 1. The Morgan fingerprint density at radius 2 is 2.33 bits per heavy atom. The van der Waals surface area contributed by atoms with Gasteiger partial charge in [-0.2, -0.15) is 0 Å². The first kappa shape index (κ1) is 13.0. The molecule has 0 aliphatic carbocycles. The van der Waals surface area contributed by atoms with E-state index in [9.17, 15) is 0 Å². The number of nitrogens with one attached hydrogen (secondary N) is 1. The second kappa shape index (κ2) is 5.62. The molecule has 4 rings (SSSR count). The van der Waals surface area contributed by atoms with Gasteiger partial charge in [-0.1, -0.05) is 6.07 Å². The molecule has 1 aliphatic rings. The number of nitrogens with zero attached hydrogens (tertiary/aromatic N) is 2. The average molecular weight is 297 g/mol. The van der Waals surface area contributed by atoms with Crippen molar-refractivity contribution in [3.05, 3.63) is 52.5 Å². The van der Waals surface area contributed by atoms with E-state index in [2.05, 4.69) is 44.5 Å². The molecule has 0 bridgehead atoms. The molecule has 1 aliphatic heterocycles. The van der Waals surface area contributed by atoms with E-state index in [-0.39, 0.29) is 0 Å². The molecule has 4 heteroatoms. The maximum absolute atomic E-state index is 4.41. The second-order valence-electron chi connectivity index (χ2n) is 5.82. The topological polar surface area (TPSA) is 31.9 Å². The van der Waals surface area contributed by atoms with Crippen molar-refractivity contribution >= 4 is 22.4 Å². The summed E-state index contributed by atoms with van der Waals surface area (Å²) in [6.45, 7) is 3.45. The lowest BCUT2D eigenvalue weighted by Crippen LogP contribution is -2.33. The van der Waals surface area contributed by atoms with Gasteiger partial charge in [0.05, 0.1) is 0 Å². The molecule has 0 spiro atoms. The third-order valence-electron chi connectivity index (χ3n) is 4.32. The van der Waals surface area contributed by atoms with Gasteiger partial charge in [-0.05, 0) is 49.0 Å². The molecule has 0 amide bonds. The van der Waals surface area contributed by atoms with Crippen LogP contribution >= 0.6 is 11.3 Å². The van der Waals surface area contributed by atoms with Gasteiger partial charge in [-0.15, -0.1) is 11.3 Å². The lowest BCUT2D eigenvalue weighted by Gasteiger charge is -2.32. The highest BCUT2D eigenvalue weighted by Crippen LogP contribution is 2.29. The lowest BCUT2D eigenvalue weighted by molar-refractivity contribution is 0.200. The quantitative estimate of drug-likeness (QED) is 0.792. The van der Waals surface area contributed by atoms with Crippen LogP contribution in [-0.4, -0.2) is 28.0 Å². The lowest BCUT2D eigenvalue weighted by atomic mass is 9.95. The number of rotatable bonds is 3. The first-order valence-corrected chi connectivity index (χ1v) is 8.45. The van der Waals surface area contributed by atoms with Crippen molar-refractivity contribution < 1.29 is 0 Å². The summed E-state index contributed by atoms with van der Waals surface area (Å²) in [5, 5.41) is 3.39. The summed E-state index contributed by atoms with van der Waals surface area (Å²) < 4.78 is 0. The molecule has 1 N–H and O–H groups in total. The molecule has 1 saturated heterocycles. The second-order valence-corrected chi connectivity index (χ2v) is 6.85. The van der Waals surface area contributed by atoms with E-state index in [0.717, 1.165) is 18.7 Å². The highest BCUT2D eigenvalue weighted by atomic mass is 32.1. The number of fused-ring (bicyclic) bond motifs is 1. The SMILES string of the molecule is c1csc(CN2CCC[C@H](c3cc4cccnc4[nH]3)C2)c1. The smallest absolute Gasteiger partial charge is 0.137 e. The number of likely N-dealkylation sites (tertiary alicyclic amines) is 1. The van der Waals surface area contributed by atoms with E-state index in [1.165, 1.54) is 35.3 Å². The van der Waals surface area contributed by atoms with E-state index >= 15 is 0 Å². The highest BCUT2D eigenvalue weighted by Gasteiger charge is 2.23. The van der Waals surface area contributed by atoms with Crippen LogP contribution in [0.4, 0.5) is 0 Å². The molecule has 21 heavy (non-hydrogen) atoms. The number of aromatic nitrogens is 2. The Labute approximate surface area is 128 Å². The van der Waals surface area contributed by atoms with Crippen LogP contribution in [0.2, 0.25) is 0 Å². The van der Waals surface area contributed by atoms with Gasteiger partial charge < -0.3 is 4.98 Å². The highest BCUT2D eigenvalue weighted by molar-refractivity contribution is 7.09. The number of aromatic amines is 1. The van der Waals surface area contributed by atoms with Crippen molar-refractivity contribution in [2.45, 2.75) is 25.3 Å². The fraction of sp³-hybridized carbons (Fsp3) is 0.353. The van der Waals surface area contributed by atoms with Crippen LogP contribution in [0.5, 0.6) is 0 Å². The Hall–Kier alpha value is -1.65. The van der Waals surface area contributed by atoms with Gasteiger partial charge in [0.25, 0.3) is 0 Å². The van der Waals surface area contributed by atoms with Gasteiger partial charge in [-0.25, -0.2) is 4.98 Å². The summed E-state index contributed by atoms with van der Waals surface area (Å²) in [5.41, 5.74) is 2.36. The number of pyridine rings is 1. The van der Waals surface area contributed by atoms with Crippen LogP contribution in [0.3, 0.4) is 0 Å². The molecule has 3 aromatic rings. The molecule has 0 unspecified atom stereocenters. The zero-order valence-corrected chi connectivity index (χ0v) is 12.8. The summed E-state index contributed by atoms with van der Waals surface area (Å²) in [6, 6.07) is 10.8. The summed E-state index contributed by atoms with van der Waals surface area (Å²) in [4.78, 5) is 12.0. The standard InChI is InChI=1S/C17H19N3S/c1-4-13-10-16(19-17(13)18-7-1)14-5-2-8-20(11-14)12-15-6-3-9-21-15/h1,3-4,6-7,9-10,14H,2,5,8,11-12H2,(H,18,19)/t14-/m0/s1. The van der Waals surface area contributed by atoms with Crippen molar-refractivity contribution in [2.24, 2.45) is 0 Å². The monoisotopic (exact) mass is 297 g/mol. The summed E-state index contributed by atoms with van der Waals surface area (Å²) in [5.74, 6) is 0.605. The predicted octanol–water partition coefficient (Wildman–Crippen LogP) is 4.00. The van der Waals surface area contributed by atoms with Gasteiger partial charge in [0.2, 0.25) is 0 Å². The molecule has 108 valence electrons. The van der Waals surface area contributed by atoms with Gasteiger partial charge in [0.1, 0.15) is 5.65 Å². The molecule has 0 radical (unpaired) electrons. The minimum Gasteiger partial charge on any atom is -0.343 e. The first-order valence-electron chi connectivity index (χ1n) is 7.57. The first-order chi connectivity index (χ1) is 10.4. The molecule has 3 nitrogen and oxygen atoms in total. The van der Waals surface area contributed by atoms with Gasteiger partial charge >= 0.3 is 0 Å². The molecule has 0 saturated carbocycles. The normalized spacial score (nSPS) is 20.1. The number of piperidine rings is 1. The summed E-state index contributed by atoms with van der Waals surface area (Å²) in [7, 11) is 0. The Morgan fingerprint density at radius 3 is 3.19 bits per heavy atom. The van der Waals surface area contributed by atoms with Gasteiger partial charge in [0.15, 0.2) is 0 Å². The molecule has 4 heterocycles. The third-order valence-corrected chi connectivity index (χ3v) is 5.18. The largest absolute Gasteiger partial charge is 0.343 e. The minimum atomic E-state index is 0.605. The Morgan fingerprint density at radius 1 is 1.33 bits per heavy atom. The Balaban J connectivity index is 1.52. The van der Waals surface area contributed by atoms with Crippen LogP contribution in [0.25, 0.3) is 11.0 Å². The van der Waals surface area contributed by atoms with Crippen LogP contribution in [0.15, 0.2) is 41.9 Å². The van der Waals surface area contributed by atoms with Gasteiger partial charge in [-0.3, -0.25) is 4.90 Å². The number of hydrogen-bond acceptors (Lipinski definition) is 3. The molecular weight excluding hydrogens is 278 g/mol. The molecule has 1 fully saturated rings. The van der Waals surface area contributed by atoms with Crippen LogP contribution in [-0.2, 0) is 6.54 Å². The number of thiophene rings is 1. The van der Waals surface area contributed by atoms with Gasteiger partial charge in [0, 0.05) is 41.2 Å². The van der Waals surface area contributed by atoms with Crippen LogP contribution < -0.4 is 0 Å². The Bertz CT molecular complexity index is 684. The maximum atomic E-state index is 4.41. The zero-order chi connectivity index (χ0) is 14.1. The fourth-order valence-corrected chi connectivity index (χ4v) is 4.02. The van der Waals surface area contributed by atoms with Crippen LogP contribution in [0, 0.1) is 0 Å². The van der Waals surface area contributed by atoms with E-state index < -0.39 is 0 Å². The predicted molar refractivity (Wildman–Crippen MR) is 87.7 cm³/mol. The van der Waals surface area contributed by atoms with Crippen molar-refractivity contribution in [3.63, 3.8) is 0 Å². The van der Waals surface area contributed by atoms with E-state index in [1.54, 1.807) is 0 Å². The number of H-pyrrole nitrogens is 1. The van der Waals surface area contributed by atoms with Crippen molar-refractivity contribution in [2.75, 3.05) is 13.1 Å². The minimum absolute atomic E-state index is 0.605. The summed E-state index contributed by atoms with van der Waals surface area (Å²) >= 11 is 1.86. The van der Waals surface area contributed by atoms with Crippen LogP contribution in [0.1, 0.15) is 29.3 Å². The molecule has 3 aromatic heterocycles. The van der Waals surface area contributed by atoms with Crippen molar-refractivity contribution in [1.29, 1.82) is 0 Å². The van der Waals surface area contributed by atoms with Crippen molar-refractivity contribution in [1.82, 2.24) is 14.9 Å². The Kier molecular flexibility index (Phi) is 3.49. The van der Waals surface area contributed by atoms with E-state index in [0.29, 0.717) is 5.92 Å². The molecule has 0 aromatic carbocycles. The molecule has 1 atom stereocenters. The average Bonchev–Trinajstić information content (AvgIpc) is 3.16.